The van der Waals surface area contributed by atoms with Gasteiger partial charge in [-0.25, -0.2) is 0 Å². The minimum absolute atomic E-state index is 0.0903. The zero-order chi connectivity index (χ0) is 16.0. The van der Waals surface area contributed by atoms with E-state index < -0.39 is 6.61 Å². The molecule has 0 N–H and O–H groups in total. The summed E-state index contributed by atoms with van der Waals surface area (Å²) in [7, 11) is 1.33. The van der Waals surface area contributed by atoms with Crippen molar-refractivity contribution in [3.63, 3.8) is 0 Å². The maximum Gasteiger partial charge on any atom is 0.387 e. The number of halogens is 2. The van der Waals surface area contributed by atoms with Crippen LogP contribution < -0.4 is 9.47 Å². The third-order valence-corrected chi connectivity index (χ3v) is 2.76. The highest BCUT2D eigenvalue weighted by molar-refractivity contribution is 5.95. The number of carbonyl (C=O) groups is 1. The normalized spacial score (nSPS) is 10.4. The van der Waals surface area contributed by atoms with Crippen LogP contribution in [0.2, 0.25) is 0 Å². The van der Waals surface area contributed by atoms with E-state index in [0.717, 1.165) is 5.57 Å². The highest BCUT2D eigenvalue weighted by Crippen LogP contribution is 2.29. The molecule has 6 heteroatoms. The monoisotopic (exact) mass is 299 g/mol. The van der Waals surface area contributed by atoms with Gasteiger partial charge < -0.3 is 14.4 Å². The molecule has 116 valence electrons. The molecule has 0 atom stereocenters. The summed E-state index contributed by atoms with van der Waals surface area (Å²) in [6, 6.07) is 4.12. The van der Waals surface area contributed by atoms with Crippen molar-refractivity contribution in [1.82, 2.24) is 4.90 Å². The van der Waals surface area contributed by atoms with Crippen LogP contribution in [0.3, 0.4) is 0 Å². The molecule has 0 aliphatic carbocycles. The first-order chi connectivity index (χ1) is 9.88. The molecular weight excluding hydrogens is 280 g/mol. The van der Waals surface area contributed by atoms with Gasteiger partial charge in [-0.05, 0) is 32.0 Å². The van der Waals surface area contributed by atoms with E-state index >= 15 is 0 Å². The van der Waals surface area contributed by atoms with Crippen LogP contribution in [-0.2, 0) is 0 Å². The van der Waals surface area contributed by atoms with Crippen LogP contribution in [0.15, 0.2) is 30.4 Å². The lowest BCUT2D eigenvalue weighted by atomic mass is 10.1. The van der Waals surface area contributed by atoms with Gasteiger partial charge in [0.25, 0.3) is 5.91 Å². The molecular formula is C15H19F2NO3. The van der Waals surface area contributed by atoms with Gasteiger partial charge in [-0.3, -0.25) is 4.79 Å². The number of amides is 1. The van der Waals surface area contributed by atoms with Crippen LogP contribution in [0.5, 0.6) is 11.5 Å². The van der Waals surface area contributed by atoms with Gasteiger partial charge in [0, 0.05) is 18.7 Å². The van der Waals surface area contributed by atoms with Crippen molar-refractivity contribution in [2.45, 2.75) is 20.5 Å². The second-order valence-electron chi connectivity index (χ2n) is 4.52. The molecule has 0 bridgehead atoms. The average Bonchev–Trinajstić information content (AvgIpc) is 2.43. The molecule has 0 spiro atoms. The average molecular weight is 299 g/mol. The van der Waals surface area contributed by atoms with Crippen molar-refractivity contribution in [2.24, 2.45) is 0 Å². The molecule has 0 unspecified atom stereocenters. The molecule has 1 rings (SSSR count). The van der Waals surface area contributed by atoms with Crippen LogP contribution >= 0.6 is 0 Å². The van der Waals surface area contributed by atoms with Crippen LogP contribution in [0.1, 0.15) is 24.2 Å². The molecule has 0 saturated heterocycles. The Bertz CT molecular complexity index is 518. The van der Waals surface area contributed by atoms with Crippen molar-refractivity contribution in [3.8, 4) is 11.5 Å². The Morgan fingerprint density at radius 1 is 1.38 bits per heavy atom. The first-order valence-electron chi connectivity index (χ1n) is 6.45. The summed E-state index contributed by atoms with van der Waals surface area (Å²) < 4.78 is 33.8. The van der Waals surface area contributed by atoms with E-state index in [0.29, 0.717) is 18.7 Å². The van der Waals surface area contributed by atoms with Gasteiger partial charge in [0.15, 0.2) is 11.5 Å². The second-order valence-corrected chi connectivity index (χ2v) is 4.52. The standard InChI is InChI=1S/C15H19F2NO3/c1-5-18(9-10(2)3)14(19)11-6-7-12(21-15(16)17)13(8-11)20-4/h6-8,15H,2,5,9H2,1,3-4H3. The maximum atomic E-state index is 12.4. The fourth-order valence-electron chi connectivity index (χ4n) is 1.83. The van der Waals surface area contributed by atoms with E-state index in [9.17, 15) is 13.6 Å². The van der Waals surface area contributed by atoms with Gasteiger partial charge in [-0.2, -0.15) is 8.78 Å². The molecule has 0 aromatic heterocycles. The van der Waals surface area contributed by atoms with Gasteiger partial charge in [0.1, 0.15) is 0 Å². The van der Waals surface area contributed by atoms with E-state index in [4.69, 9.17) is 4.74 Å². The van der Waals surface area contributed by atoms with Crippen molar-refractivity contribution in [2.75, 3.05) is 20.2 Å². The molecule has 0 radical (unpaired) electrons. The van der Waals surface area contributed by atoms with E-state index in [-0.39, 0.29) is 17.4 Å². The number of benzene rings is 1. The summed E-state index contributed by atoms with van der Waals surface area (Å²) in [5.74, 6) is -0.234. The minimum Gasteiger partial charge on any atom is -0.493 e. The topological polar surface area (TPSA) is 38.8 Å². The van der Waals surface area contributed by atoms with Gasteiger partial charge in [0.05, 0.1) is 7.11 Å². The fourth-order valence-corrected chi connectivity index (χ4v) is 1.83. The molecule has 0 heterocycles. The lowest BCUT2D eigenvalue weighted by molar-refractivity contribution is -0.0512. The van der Waals surface area contributed by atoms with Crippen molar-refractivity contribution in [3.05, 3.63) is 35.9 Å². The predicted octanol–water partition coefficient (Wildman–Crippen LogP) is 3.33. The van der Waals surface area contributed by atoms with Gasteiger partial charge in [0.2, 0.25) is 0 Å². The minimum atomic E-state index is -2.95. The number of ether oxygens (including phenoxy) is 2. The Balaban J connectivity index is 3.02. The Hall–Kier alpha value is -2.11. The predicted molar refractivity (Wildman–Crippen MR) is 76.0 cm³/mol. The Kier molecular flexibility index (Phi) is 6.14. The van der Waals surface area contributed by atoms with Gasteiger partial charge >= 0.3 is 6.61 Å². The molecule has 0 aliphatic heterocycles. The highest BCUT2D eigenvalue weighted by Gasteiger charge is 2.18. The Morgan fingerprint density at radius 2 is 2.05 bits per heavy atom. The summed E-state index contributed by atoms with van der Waals surface area (Å²) in [5, 5.41) is 0. The molecule has 0 fully saturated rings. The molecule has 0 saturated carbocycles. The molecule has 1 amide bonds. The third kappa shape index (κ3) is 4.73. The summed E-state index contributed by atoms with van der Waals surface area (Å²) in [4.78, 5) is 14.0. The number of alkyl halides is 2. The first-order valence-corrected chi connectivity index (χ1v) is 6.45. The van der Waals surface area contributed by atoms with Crippen LogP contribution in [-0.4, -0.2) is 37.6 Å². The van der Waals surface area contributed by atoms with Crippen LogP contribution in [0.25, 0.3) is 0 Å². The molecule has 0 aliphatic rings. The summed E-state index contributed by atoms with van der Waals surface area (Å²) in [5.41, 5.74) is 1.20. The number of methoxy groups -OCH3 is 1. The zero-order valence-electron chi connectivity index (χ0n) is 12.4. The number of nitrogens with zero attached hydrogens (tertiary/aromatic N) is 1. The lowest BCUT2D eigenvalue weighted by Crippen LogP contribution is -2.32. The van der Waals surface area contributed by atoms with E-state index in [1.165, 1.54) is 25.3 Å². The number of rotatable bonds is 7. The maximum absolute atomic E-state index is 12.4. The SMILES string of the molecule is C=C(C)CN(CC)C(=O)c1ccc(OC(F)F)c(OC)c1. The second kappa shape index (κ2) is 7.61. The number of likely N-dealkylation sites (N-methyl/N-ethyl adjacent to an activating group) is 1. The molecule has 21 heavy (non-hydrogen) atoms. The fraction of sp³-hybridized carbons (Fsp3) is 0.400. The Labute approximate surface area is 123 Å². The zero-order valence-corrected chi connectivity index (χ0v) is 12.4. The number of hydrogen-bond donors (Lipinski definition) is 0. The molecule has 1 aromatic carbocycles. The van der Waals surface area contributed by atoms with E-state index in [1.54, 1.807) is 4.90 Å². The smallest absolute Gasteiger partial charge is 0.387 e. The van der Waals surface area contributed by atoms with E-state index in [1.807, 2.05) is 13.8 Å². The summed E-state index contributed by atoms with van der Waals surface area (Å²) in [6.45, 7) is 5.47. The van der Waals surface area contributed by atoms with Gasteiger partial charge in [-0.15, -0.1) is 0 Å². The van der Waals surface area contributed by atoms with Crippen molar-refractivity contribution < 1.29 is 23.0 Å². The van der Waals surface area contributed by atoms with Crippen LogP contribution in [0.4, 0.5) is 8.78 Å². The van der Waals surface area contributed by atoms with Crippen LogP contribution in [0, 0.1) is 0 Å². The first kappa shape index (κ1) is 16.9. The highest BCUT2D eigenvalue weighted by atomic mass is 19.3. The number of carbonyl (C=O) groups excluding carboxylic acids is 1. The van der Waals surface area contributed by atoms with Gasteiger partial charge in [-0.1, -0.05) is 12.2 Å². The molecule has 1 aromatic rings. The number of hydrogen-bond acceptors (Lipinski definition) is 3. The summed E-state index contributed by atoms with van der Waals surface area (Å²) in [6.07, 6.45) is 0. The Morgan fingerprint density at radius 3 is 2.52 bits per heavy atom. The largest absolute Gasteiger partial charge is 0.493 e. The van der Waals surface area contributed by atoms with Crippen molar-refractivity contribution >= 4 is 5.91 Å². The van der Waals surface area contributed by atoms with E-state index in [2.05, 4.69) is 11.3 Å². The summed E-state index contributed by atoms with van der Waals surface area (Å²) >= 11 is 0. The molecule has 4 nitrogen and oxygen atoms in total. The lowest BCUT2D eigenvalue weighted by Gasteiger charge is -2.21. The quantitative estimate of drug-likeness (QED) is 0.725. The van der Waals surface area contributed by atoms with Crippen molar-refractivity contribution in [1.29, 1.82) is 0 Å². The third-order valence-electron chi connectivity index (χ3n) is 2.76.